The summed E-state index contributed by atoms with van der Waals surface area (Å²) in [6, 6.07) is 4.46. The van der Waals surface area contributed by atoms with Crippen molar-refractivity contribution < 1.29 is 4.79 Å². The van der Waals surface area contributed by atoms with Crippen LogP contribution in [-0.2, 0) is 11.2 Å². The van der Waals surface area contributed by atoms with Crippen molar-refractivity contribution in [1.29, 1.82) is 0 Å². The first-order valence-electron chi connectivity index (χ1n) is 5.68. The van der Waals surface area contributed by atoms with Crippen LogP contribution < -0.4 is 11.1 Å². The number of carbonyl (C=O) groups is 1. The Hall–Kier alpha value is -1.42. The van der Waals surface area contributed by atoms with Gasteiger partial charge in [-0.25, -0.2) is 0 Å². The van der Waals surface area contributed by atoms with Gasteiger partial charge in [0.15, 0.2) is 0 Å². The minimum Gasteiger partial charge on any atom is -0.353 e. The van der Waals surface area contributed by atoms with E-state index in [0.717, 1.165) is 24.8 Å². The summed E-state index contributed by atoms with van der Waals surface area (Å²) in [7, 11) is 0. The Balaban J connectivity index is 1.68. The molecule has 0 atom stereocenters. The highest BCUT2D eigenvalue weighted by molar-refractivity contribution is 5.76. The van der Waals surface area contributed by atoms with Crippen LogP contribution in [0, 0.1) is 0 Å². The molecule has 1 amide bonds. The van der Waals surface area contributed by atoms with Crippen LogP contribution >= 0.6 is 0 Å². The van der Waals surface area contributed by atoms with E-state index in [2.05, 4.69) is 10.3 Å². The first kappa shape index (κ1) is 11.1. The van der Waals surface area contributed by atoms with E-state index in [4.69, 9.17) is 5.73 Å². The monoisotopic (exact) mass is 219 g/mol. The van der Waals surface area contributed by atoms with Crippen molar-refractivity contribution in [2.24, 2.45) is 5.73 Å². The third kappa shape index (κ3) is 3.03. The van der Waals surface area contributed by atoms with Gasteiger partial charge in [-0.05, 0) is 37.0 Å². The Morgan fingerprint density at radius 3 is 2.75 bits per heavy atom. The molecule has 1 saturated carbocycles. The molecular weight excluding hydrogens is 202 g/mol. The van der Waals surface area contributed by atoms with E-state index in [0.29, 0.717) is 12.5 Å². The largest absolute Gasteiger partial charge is 0.353 e. The van der Waals surface area contributed by atoms with E-state index in [-0.39, 0.29) is 11.9 Å². The number of amides is 1. The molecule has 1 aromatic heterocycles. The maximum atomic E-state index is 11.6. The lowest BCUT2D eigenvalue weighted by atomic mass is 9.87. The van der Waals surface area contributed by atoms with E-state index < -0.39 is 0 Å². The van der Waals surface area contributed by atoms with E-state index in [1.54, 1.807) is 12.4 Å². The molecule has 1 heterocycles. The average molecular weight is 219 g/mol. The topological polar surface area (TPSA) is 68.0 Å². The molecule has 1 fully saturated rings. The summed E-state index contributed by atoms with van der Waals surface area (Å²) in [5.74, 6) is 0.119. The van der Waals surface area contributed by atoms with Crippen molar-refractivity contribution in [2.75, 3.05) is 0 Å². The van der Waals surface area contributed by atoms with E-state index in [1.165, 1.54) is 0 Å². The predicted molar refractivity (Wildman–Crippen MR) is 61.7 cm³/mol. The van der Waals surface area contributed by atoms with Gasteiger partial charge >= 0.3 is 0 Å². The lowest BCUT2D eigenvalue weighted by Crippen LogP contribution is -2.50. The molecule has 0 saturated heterocycles. The number of aryl methyl sites for hydroxylation is 1. The van der Waals surface area contributed by atoms with Gasteiger partial charge in [0.05, 0.1) is 0 Å². The fourth-order valence-electron chi connectivity index (χ4n) is 1.89. The summed E-state index contributed by atoms with van der Waals surface area (Å²) in [4.78, 5) is 15.5. The first-order valence-corrected chi connectivity index (χ1v) is 5.68. The smallest absolute Gasteiger partial charge is 0.220 e. The summed E-state index contributed by atoms with van der Waals surface area (Å²) in [5.41, 5.74) is 6.80. The molecule has 0 radical (unpaired) electrons. The van der Waals surface area contributed by atoms with Crippen molar-refractivity contribution in [2.45, 2.75) is 37.8 Å². The van der Waals surface area contributed by atoms with Crippen LogP contribution in [0.25, 0.3) is 0 Å². The molecular formula is C12H17N3O. The van der Waals surface area contributed by atoms with Gasteiger partial charge in [-0.3, -0.25) is 9.78 Å². The predicted octanol–water partition coefficient (Wildman–Crippen LogP) is 0.620. The molecule has 1 aliphatic rings. The second kappa shape index (κ2) is 5.07. The average Bonchev–Trinajstić information content (AvgIpc) is 2.26. The SMILES string of the molecule is NC1CC(NC(=O)CCc2ccncc2)C1. The number of nitrogens with one attached hydrogen (secondary N) is 1. The summed E-state index contributed by atoms with van der Waals surface area (Å²) in [5, 5.41) is 2.98. The fourth-order valence-corrected chi connectivity index (χ4v) is 1.89. The number of aromatic nitrogens is 1. The Morgan fingerprint density at radius 2 is 2.12 bits per heavy atom. The number of nitrogens with two attached hydrogens (primary N) is 1. The van der Waals surface area contributed by atoms with Gasteiger partial charge in [0.2, 0.25) is 5.91 Å². The lowest BCUT2D eigenvalue weighted by Gasteiger charge is -2.32. The summed E-state index contributed by atoms with van der Waals surface area (Å²) >= 11 is 0. The lowest BCUT2D eigenvalue weighted by molar-refractivity contribution is -0.122. The summed E-state index contributed by atoms with van der Waals surface area (Å²) in [6.07, 6.45) is 6.64. The van der Waals surface area contributed by atoms with Crippen molar-refractivity contribution >= 4 is 5.91 Å². The van der Waals surface area contributed by atoms with Crippen LogP contribution in [0.15, 0.2) is 24.5 Å². The first-order chi connectivity index (χ1) is 7.74. The molecule has 4 heteroatoms. The molecule has 4 nitrogen and oxygen atoms in total. The molecule has 86 valence electrons. The van der Waals surface area contributed by atoms with E-state index in [9.17, 15) is 4.79 Å². The second-order valence-corrected chi connectivity index (χ2v) is 4.35. The number of carbonyl (C=O) groups excluding carboxylic acids is 1. The Bertz CT molecular complexity index is 347. The normalized spacial score (nSPS) is 23.6. The number of hydrogen-bond acceptors (Lipinski definition) is 3. The maximum Gasteiger partial charge on any atom is 0.220 e. The van der Waals surface area contributed by atoms with E-state index >= 15 is 0 Å². The molecule has 0 aliphatic heterocycles. The quantitative estimate of drug-likeness (QED) is 0.780. The molecule has 16 heavy (non-hydrogen) atoms. The van der Waals surface area contributed by atoms with Crippen LogP contribution in [0.4, 0.5) is 0 Å². The zero-order valence-corrected chi connectivity index (χ0v) is 9.23. The van der Waals surface area contributed by atoms with Gasteiger partial charge in [-0.1, -0.05) is 0 Å². The Kier molecular flexibility index (Phi) is 3.51. The summed E-state index contributed by atoms with van der Waals surface area (Å²) in [6.45, 7) is 0. The highest BCUT2D eigenvalue weighted by Gasteiger charge is 2.26. The Labute approximate surface area is 95.3 Å². The third-order valence-electron chi connectivity index (χ3n) is 2.93. The highest BCUT2D eigenvalue weighted by atomic mass is 16.1. The Morgan fingerprint density at radius 1 is 1.44 bits per heavy atom. The van der Waals surface area contributed by atoms with Crippen LogP contribution in [0.5, 0.6) is 0 Å². The van der Waals surface area contributed by atoms with Crippen LogP contribution in [0.3, 0.4) is 0 Å². The number of pyridine rings is 1. The molecule has 0 unspecified atom stereocenters. The third-order valence-corrected chi connectivity index (χ3v) is 2.93. The van der Waals surface area contributed by atoms with Crippen LogP contribution in [0.1, 0.15) is 24.8 Å². The van der Waals surface area contributed by atoms with Gasteiger partial charge < -0.3 is 11.1 Å². The number of hydrogen-bond donors (Lipinski definition) is 2. The highest BCUT2D eigenvalue weighted by Crippen LogP contribution is 2.17. The van der Waals surface area contributed by atoms with Gasteiger partial charge in [0.1, 0.15) is 0 Å². The molecule has 0 spiro atoms. The van der Waals surface area contributed by atoms with E-state index in [1.807, 2.05) is 12.1 Å². The van der Waals surface area contributed by atoms with Crippen molar-refractivity contribution in [3.63, 3.8) is 0 Å². The van der Waals surface area contributed by atoms with Crippen molar-refractivity contribution in [1.82, 2.24) is 10.3 Å². The zero-order valence-electron chi connectivity index (χ0n) is 9.23. The maximum absolute atomic E-state index is 11.6. The molecule has 2 rings (SSSR count). The van der Waals surface area contributed by atoms with Gasteiger partial charge in [-0.2, -0.15) is 0 Å². The number of rotatable bonds is 4. The minimum atomic E-state index is 0.119. The van der Waals surface area contributed by atoms with Crippen molar-refractivity contribution in [3.05, 3.63) is 30.1 Å². The van der Waals surface area contributed by atoms with Crippen LogP contribution in [0.2, 0.25) is 0 Å². The molecule has 0 bridgehead atoms. The van der Waals surface area contributed by atoms with Gasteiger partial charge in [-0.15, -0.1) is 0 Å². The van der Waals surface area contributed by atoms with Crippen LogP contribution in [-0.4, -0.2) is 23.0 Å². The molecule has 1 aliphatic carbocycles. The summed E-state index contributed by atoms with van der Waals surface area (Å²) < 4.78 is 0. The molecule has 0 aromatic carbocycles. The molecule has 3 N–H and O–H groups in total. The second-order valence-electron chi connectivity index (χ2n) is 4.35. The van der Waals surface area contributed by atoms with Gasteiger partial charge in [0, 0.05) is 30.9 Å². The zero-order chi connectivity index (χ0) is 11.4. The fraction of sp³-hybridized carbons (Fsp3) is 0.500. The molecule has 1 aromatic rings. The number of nitrogens with zero attached hydrogens (tertiary/aromatic N) is 1. The standard InChI is InChI=1S/C12H17N3O/c13-10-7-11(8-10)15-12(16)2-1-9-3-5-14-6-4-9/h3-6,10-11H,1-2,7-8,13H2,(H,15,16). The minimum absolute atomic E-state index is 0.119. The van der Waals surface area contributed by atoms with Gasteiger partial charge in [0.25, 0.3) is 0 Å². The van der Waals surface area contributed by atoms with Crippen molar-refractivity contribution in [3.8, 4) is 0 Å².